The van der Waals surface area contributed by atoms with Crippen molar-refractivity contribution < 1.29 is 19.4 Å². The molecule has 0 aromatic heterocycles. The molecule has 0 saturated heterocycles. The van der Waals surface area contributed by atoms with E-state index in [-0.39, 0.29) is 17.4 Å². The van der Waals surface area contributed by atoms with Crippen LogP contribution in [0.15, 0.2) is 48.5 Å². The second kappa shape index (κ2) is 6.52. The molecule has 0 unspecified atom stereocenters. The first-order valence-corrected chi connectivity index (χ1v) is 7.44. The number of hydrogen-bond acceptors (Lipinski definition) is 3. The summed E-state index contributed by atoms with van der Waals surface area (Å²) in [7, 11) is 0. The maximum atomic E-state index is 12.3. The number of carbonyl (C=O) groups excluding carboxylic acids is 1. The Morgan fingerprint density at radius 1 is 1.17 bits per heavy atom. The van der Waals surface area contributed by atoms with Gasteiger partial charge in [0.1, 0.15) is 12.4 Å². The van der Waals surface area contributed by atoms with Gasteiger partial charge in [0.15, 0.2) is 0 Å². The third kappa shape index (κ3) is 3.51. The van der Waals surface area contributed by atoms with Gasteiger partial charge in [-0.2, -0.15) is 0 Å². The lowest BCUT2D eigenvalue weighted by molar-refractivity contribution is -0.126. The van der Waals surface area contributed by atoms with E-state index in [1.807, 2.05) is 24.3 Å². The van der Waals surface area contributed by atoms with Crippen molar-refractivity contribution in [3.8, 4) is 5.75 Å². The molecule has 1 heterocycles. The number of benzene rings is 2. The predicted molar refractivity (Wildman–Crippen MR) is 84.4 cm³/mol. The molecule has 2 N–H and O–H groups in total. The van der Waals surface area contributed by atoms with Gasteiger partial charge in [-0.05, 0) is 35.7 Å². The van der Waals surface area contributed by atoms with Crippen LogP contribution in [0.4, 0.5) is 0 Å². The summed E-state index contributed by atoms with van der Waals surface area (Å²) in [5, 5.41) is 11.8. The van der Waals surface area contributed by atoms with E-state index in [4.69, 9.17) is 9.84 Å². The Kier molecular flexibility index (Phi) is 4.28. The first-order chi connectivity index (χ1) is 11.1. The van der Waals surface area contributed by atoms with Gasteiger partial charge in [-0.25, -0.2) is 4.79 Å². The summed E-state index contributed by atoms with van der Waals surface area (Å²) in [6, 6.07) is 14.3. The number of nitrogens with one attached hydrogen (secondary N) is 1. The summed E-state index contributed by atoms with van der Waals surface area (Å²) in [6.45, 7) is 0.663. The standard InChI is InChI=1S/C18H17NO4/c20-17(15-9-13-5-1-2-7-16(13)23-11-15)19-10-12-4-3-6-14(8-12)18(21)22/h1-8,15H,9-11H2,(H,19,20)(H,21,22)/t15-/m0/s1. The molecule has 5 heteroatoms. The van der Waals surface area contributed by atoms with E-state index in [1.165, 1.54) is 6.07 Å². The Morgan fingerprint density at radius 2 is 2.00 bits per heavy atom. The summed E-state index contributed by atoms with van der Waals surface area (Å²) in [5.74, 6) is -0.450. The van der Waals surface area contributed by atoms with Crippen molar-refractivity contribution in [2.24, 2.45) is 5.92 Å². The molecule has 0 fully saturated rings. The van der Waals surface area contributed by atoms with Crippen LogP contribution in [-0.4, -0.2) is 23.6 Å². The zero-order valence-electron chi connectivity index (χ0n) is 12.5. The quantitative estimate of drug-likeness (QED) is 0.908. The van der Waals surface area contributed by atoms with Crippen molar-refractivity contribution in [3.63, 3.8) is 0 Å². The largest absolute Gasteiger partial charge is 0.492 e. The van der Waals surface area contributed by atoms with Gasteiger partial charge in [-0.15, -0.1) is 0 Å². The van der Waals surface area contributed by atoms with Crippen molar-refractivity contribution >= 4 is 11.9 Å². The van der Waals surface area contributed by atoms with Crippen LogP contribution in [-0.2, 0) is 17.8 Å². The minimum atomic E-state index is -0.976. The Balaban J connectivity index is 1.60. The highest BCUT2D eigenvalue weighted by atomic mass is 16.5. The van der Waals surface area contributed by atoms with Crippen molar-refractivity contribution in [3.05, 3.63) is 65.2 Å². The average Bonchev–Trinajstić information content (AvgIpc) is 2.59. The van der Waals surface area contributed by atoms with Crippen LogP contribution in [0.3, 0.4) is 0 Å². The first kappa shape index (κ1) is 15.1. The topological polar surface area (TPSA) is 75.6 Å². The SMILES string of the molecule is O=C(O)c1cccc(CNC(=O)[C@@H]2COc3ccccc3C2)c1. The number of para-hydroxylation sites is 1. The molecule has 1 amide bonds. The van der Waals surface area contributed by atoms with Gasteiger partial charge in [0.05, 0.1) is 11.5 Å². The molecule has 0 aliphatic carbocycles. The van der Waals surface area contributed by atoms with Crippen molar-refractivity contribution in [2.45, 2.75) is 13.0 Å². The third-order valence-electron chi connectivity index (χ3n) is 3.89. The first-order valence-electron chi connectivity index (χ1n) is 7.44. The van der Waals surface area contributed by atoms with Crippen LogP contribution in [0.2, 0.25) is 0 Å². The van der Waals surface area contributed by atoms with Gasteiger partial charge in [0, 0.05) is 6.54 Å². The average molecular weight is 311 g/mol. The second-order valence-corrected chi connectivity index (χ2v) is 5.54. The number of aromatic carboxylic acids is 1. The van der Waals surface area contributed by atoms with Gasteiger partial charge in [0.25, 0.3) is 0 Å². The van der Waals surface area contributed by atoms with E-state index in [2.05, 4.69) is 5.32 Å². The fourth-order valence-electron chi connectivity index (χ4n) is 2.64. The lowest BCUT2D eigenvalue weighted by atomic mass is 9.96. The smallest absolute Gasteiger partial charge is 0.335 e. The summed E-state index contributed by atoms with van der Waals surface area (Å²) in [4.78, 5) is 23.2. The molecule has 3 rings (SSSR count). The van der Waals surface area contributed by atoms with Gasteiger partial charge >= 0.3 is 5.97 Å². The van der Waals surface area contributed by atoms with Crippen LogP contribution in [0.5, 0.6) is 5.75 Å². The number of carboxylic acids is 1. The van der Waals surface area contributed by atoms with Crippen LogP contribution in [0.1, 0.15) is 21.5 Å². The third-order valence-corrected chi connectivity index (χ3v) is 3.89. The molecule has 0 spiro atoms. The van der Waals surface area contributed by atoms with E-state index in [0.717, 1.165) is 16.9 Å². The summed E-state index contributed by atoms with van der Waals surface area (Å²) in [5.41, 5.74) is 2.01. The number of carbonyl (C=O) groups is 2. The zero-order chi connectivity index (χ0) is 16.2. The van der Waals surface area contributed by atoms with E-state index in [0.29, 0.717) is 19.6 Å². The lowest BCUT2D eigenvalue weighted by Crippen LogP contribution is -2.37. The van der Waals surface area contributed by atoms with Crippen molar-refractivity contribution in [1.29, 1.82) is 0 Å². The predicted octanol–water partition coefficient (Wildman–Crippen LogP) is 2.25. The van der Waals surface area contributed by atoms with Crippen LogP contribution < -0.4 is 10.1 Å². The minimum absolute atomic E-state index is 0.0831. The van der Waals surface area contributed by atoms with Crippen LogP contribution in [0, 0.1) is 5.92 Å². The summed E-state index contributed by atoms with van der Waals surface area (Å²) in [6.07, 6.45) is 0.650. The Hall–Kier alpha value is -2.82. The van der Waals surface area contributed by atoms with Crippen molar-refractivity contribution in [2.75, 3.05) is 6.61 Å². The summed E-state index contributed by atoms with van der Waals surface area (Å²) < 4.78 is 5.62. The van der Waals surface area contributed by atoms with E-state index in [1.54, 1.807) is 18.2 Å². The number of fused-ring (bicyclic) bond motifs is 1. The van der Waals surface area contributed by atoms with Crippen LogP contribution >= 0.6 is 0 Å². The number of rotatable bonds is 4. The highest BCUT2D eigenvalue weighted by Gasteiger charge is 2.25. The lowest BCUT2D eigenvalue weighted by Gasteiger charge is -2.24. The minimum Gasteiger partial charge on any atom is -0.492 e. The molecule has 2 aromatic carbocycles. The molecule has 23 heavy (non-hydrogen) atoms. The fraction of sp³-hybridized carbons (Fsp3) is 0.222. The maximum absolute atomic E-state index is 12.3. The fourth-order valence-corrected chi connectivity index (χ4v) is 2.64. The molecule has 0 saturated carbocycles. The zero-order valence-corrected chi connectivity index (χ0v) is 12.5. The monoisotopic (exact) mass is 311 g/mol. The molecule has 1 aliphatic rings. The van der Waals surface area contributed by atoms with E-state index >= 15 is 0 Å². The van der Waals surface area contributed by atoms with Crippen LogP contribution in [0.25, 0.3) is 0 Å². The Labute approximate surface area is 133 Å². The number of amides is 1. The second-order valence-electron chi connectivity index (χ2n) is 5.54. The number of hydrogen-bond donors (Lipinski definition) is 2. The highest BCUT2D eigenvalue weighted by molar-refractivity contribution is 5.87. The molecule has 118 valence electrons. The van der Waals surface area contributed by atoms with Gasteiger partial charge in [-0.1, -0.05) is 30.3 Å². The molecular formula is C18H17NO4. The highest BCUT2D eigenvalue weighted by Crippen LogP contribution is 2.26. The van der Waals surface area contributed by atoms with Gasteiger partial charge in [0.2, 0.25) is 5.91 Å². The molecule has 1 atom stereocenters. The normalized spacial score (nSPS) is 16.1. The van der Waals surface area contributed by atoms with Gasteiger partial charge < -0.3 is 15.2 Å². The molecule has 0 bridgehead atoms. The van der Waals surface area contributed by atoms with E-state index in [9.17, 15) is 9.59 Å². The maximum Gasteiger partial charge on any atom is 0.335 e. The van der Waals surface area contributed by atoms with Crippen molar-refractivity contribution in [1.82, 2.24) is 5.32 Å². The molecule has 2 aromatic rings. The Bertz CT molecular complexity index is 741. The molecule has 1 aliphatic heterocycles. The molecular weight excluding hydrogens is 294 g/mol. The van der Waals surface area contributed by atoms with Gasteiger partial charge in [-0.3, -0.25) is 4.79 Å². The summed E-state index contributed by atoms with van der Waals surface area (Å²) >= 11 is 0. The number of ether oxygens (including phenoxy) is 1. The van der Waals surface area contributed by atoms with E-state index < -0.39 is 5.97 Å². The molecule has 5 nitrogen and oxygen atoms in total. The Morgan fingerprint density at radius 3 is 2.83 bits per heavy atom. The molecule has 0 radical (unpaired) electrons. The number of carboxylic acid groups (broad SMARTS) is 1.